The zero-order valence-corrected chi connectivity index (χ0v) is 10.1. The summed E-state index contributed by atoms with van der Waals surface area (Å²) in [4.78, 5) is -0.0859. The minimum Gasteiger partial charge on any atom is -0.318 e. The van der Waals surface area contributed by atoms with Gasteiger partial charge in [0.1, 0.15) is 10.4 Å². The highest BCUT2D eigenvalue weighted by Crippen LogP contribution is 2.41. The van der Waals surface area contributed by atoms with E-state index in [4.69, 9.17) is 17.3 Å². The van der Waals surface area contributed by atoms with Gasteiger partial charge in [-0.25, -0.2) is 8.78 Å². The first-order valence-electron chi connectivity index (χ1n) is 3.63. The molecule has 0 aliphatic heterocycles. The molecule has 1 aromatic heterocycles. The van der Waals surface area contributed by atoms with Gasteiger partial charge >= 0.3 is 12.3 Å². The zero-order chi connectivity index (χ0) is 11.8. The molecule has 1 heterocycles. The SMILES string of the molecule is NC(c1cc(Br)c(Cl)s1)C(F)(F)C(F)F. The lowest BCUT2D eigenvalue weighted by atomic mass is 10.1. The first-order chi connectivity index (χ1) is 6.76. The van der Waals surface area contributed by atoms with E-state index in [1.807, 2.05) is 0 Å². The molecule has 0 aromatic carbocycles. The predicted molar refractivity (Wildman–Crippen MR) is 54.9 cm³/mol. The second-order valence-corrected chi connectivity index (χ2v) is 5.26. The fourth-order valence-corrected chi connectivity index (χ4v) is 2.63. The van der Waals surface area contributed by atoms with Gasteiger partial charge in [0, 0.05) is 9.35 Å². The van der Waals surface area contributed by atoms with Gasteiger partial charge in [-0.15, -0.1) is 11.3 Å². The smallest absolute Gasteiger partial charge is 0.318 e. The van der Waals surface area contributed by atoms with Crippen LogP contribution < -0.4 is 5.73 Å². The topological polar surface area (TPSA) is 26.0 Å². The van der Waals surface area contributed by atoms with Crippen LogP contribution in [0.1, 0.15) is 10.9 Å². The standard InChI is InChI=1S/C7H5BrClF4NS/c8-2-1-3(15-5(2)9)4(14)7(12,13)6(10)11/h1,4,6H,14H2. The molecule has 1 aromatic rings. The third-order valence-electron chi connectivity index (χ3n) is 1.68. The van der Waals surface area contributed by atoms with Crippen LogP contribution in [0.4, 0.5) is 17.6 Å². The molecule has 0 aliphatic carbocycles. The summed E-state index contributed by atoms with van der Waals surface area (Å²) in [5.74, 6) is -4.26. The summed E-state index contributed by atoms with van der Waals surface area (Å²) in [6, 6.07) is -0.833. The van der Waals surface area contributed by atoms with Gasteiger partial charge in [-0.2, -0.15) is 8.78 Å². The molecule has 1 atom stereocenters. The molecule has 86 valence electrons. The van der Waals surface area contributed by atoms with E-state index in [1.165, 1.54) is 6.07 Å². The minimum atomic E-state index is -4.26. The first kappa shape index (κ1) is 13.2. The molecule has 0 amide bonds. The molecule has 1 rings (SSSR count). The second-order valence-electron chi connectivity index (χ2n) is 2.72. The van der Waals surface area contributed by atoms with Crippen molar-refractivity contribution in [3.8, 4) is 0 Å². The van der Waals surface area contributed by atoms with Crippen molar-refractivity contribution in [2.24, 2.45) is 5.73 Å². The largest absolute Gasteiger partial charge is 0.327 e. The van der Waals surface area contributed by atoms with Crippen LogP contribution in [-0.2, 0) is 0 Å². The van der Waals surface area contributed by atoms with E-state index >= 15 is 0 Å². The van der Waals surface area contributed by atoms with E-state index in [0.717, 1.165) is 11.3 Å². The van der Waals surface area contributed by atoms with Crippen molar-refractivity contribution in [1.29, 1.82) is 0 Å². The van der Waals surface area contributed by atoms with E-state index < -0.39 is 18.4 Å². The van der Waals surface area contributed by atoms with Crippen LogP contribution in [0.3, 0.4) is 0 Å². The van der Waals surface area contributed by atoms with Crippen molar-refractivity contribution >= 4 is 38.9 Å². The summed E-state index contributed by atoms with van der Waals surface area (Å²) >= 11 is 9.31. The maximum atomic E-state index is 12.8. The Morgan fingerprint density at radius 2 is 2.00 bits per heavy atom. The number of rotatable bonds is 3. The summed E-state index contributed by atoms with van der Waals surface area (Å²) in [6.45, 7) is 0. The molecule has 0 saturated heterocycles. The van der Waals surface area contributed by atoms with Gasteiger partial charge < -0.3 is 5.73 Å². The van der Waals surface area contributed by atoms with Crippen molar-refractivity contribution in [3.63, 3.8) is 0 Å². The van der Waals surface area contributed by atoms with Gasteiger partial charge in [0.15, 0.2) is 0 Å². The lowest BCUT2D eigenvalue weighted by Crippen LogP contribution is -2.38. The zero-order valence-electron chi connectivity index (χ0n) is 6.99. The van der Waals surface area contributed by atoms with Crippen molar-refractivity contribution < 1.29 is 17.6 Å². The maximum absolute atomic E-state index is 12.8. The molecule has 0 bridgehead atoms. The van der Waals surface area contributed by atoms with Gasteiger partial charge in [-0.3, -0.25) is 0 Å². The van der Waals surface area contributed by atoms with Crippen LogP contribution in [0.15, 0.2) is 10.5 Å². The minimum absolute atomic E-state index is 0.0859. The molecule has 2 N–H and O–H groups in total. The van der Waals surface area contributed by atoms with Gasteiger partial charge in [0.05, 0.1) is 0 Å². The summed E-state index contributed by atoms with van der Waals surface area (Å²) in [5, 5.41) is 0. The van der Waals surface area contributed by atoms with E-state index in [9.17, 15) is 17.6 Å². The van der Waals surface area contributed by atoms with E-state index in [1.54, 1.807) is 0 Å². The van der Waals surface area contributed by atoms with Crippen LogP contribution in [-0.4, -0.2) is 12.3 Å². The molecular formula is C7H5BrClF4NS. The Morgan fingerprint density at radius 3 is 2.33 bits per heavy atom. The van der Waals surface area contributed by atoms with Crippen LogP contribution in [0.5, 0.6) is 0 Å². The second kappa shape index (κ2) is 4.57. The number of thiophene rings is 1. The molecule has 1 unspecified atom stereocenters. The van der Waals surface area contributed by atoms with Crippen molar-refractivity contribution in [2.45, 2.75) is 18.4 Å². The van der Waals surface area contributed by atoms with Crippen LogP contribution in [0.25, 0.3) is 0 Å². The summed E-state index contributed by atoms with van der Waals surface area (Å²) in [6.07, 6.45) is -3.80. The molecule has 1 nitrogen and oxygen atoms in total. The number of nitrogens with two attached hydrogens (primary N) is 1. The number of hydrogen-bond donors (Lipinski definition) is 1. The monoisotopic (exact) mass is 325 g/mol. The lowest BCUT2D eigenvalue weighted by Gasteiger charge is -2.21. The highest BCUT2D eigenvalue weighted by atomic mass is 79.9. The Labute approximate surface area is 100 Å². The Bertz CT molecular complexity index is 337. The van der Waals surface area contributed by atoms with Crippen LogP contribution in [0.2, 0.25) is 4.34 Å². The molecule has 15 heavy (non-hydrogen) atoms. The Kier molecular flexibility index (Phi) is 4.02. The van der Waals surface area contributed by atoms with Crippen LogP contribution in [0, 0.1) is 0 Å². The molecule has 0 spiro atoms. The summed E-state index contributed by atoms with van der Waals surface area (Å²) in [7, 11) is 0. The normalized spacial score (nSPS) is 14.7. The van der Waals surface area contributed by atoms with E-state index in [2.05, 4.69) is 15.9 Å². The molecule has 0 radical (unpaired) electrons. The van der Waals surface area contributed by atoms with Gasteiger partial charge in [-0.05, 0) is 22.0 Å². The molecule has 0 aliphatic rings. The van der Waals surface area contributed by atoms with Gasteiger partial charge in [0.25, 0.3) is 0 Å². The number of alkyl halides is 4. The fraction of sp³-hybridized carbons (Fsp3) is 0.429. The van der Waals surface area contributed by atoms with Crippen LogP contribution >= 0.6 is 38.9 Å². The lowest BCUT2D eigenvalue weighted by molar-refractivity contribution is -0.143. The first-order valence-corrected chi connectivity index (χ1v) is 5.61. The van der Waals surface area contributed by atoms with Gasteiger partial charge in [-0.1, -0.05) is 11.6 Å². The summed E-state index contributed by atoms with van der Waals surface area (Å²) < 4.78 is 50.2. The Morgan fingerprint density at radius 1 is 1.47 bits per heavy atom. The van der Waals surface area contributed by atoms with Crippen molar-refractivity contribution in [3.05, 3.63) is 19.8 Å². The Balaban J connectivity index is 2.99. The molecule has 0 saturated carbocycles. The third kappa shape index (κ3) is 2.64. The number of hydrogen-bond acceptors (Lipinski definition) is 2. The average molecular weight is 327 g/mol. The van der Waals surface area contributed by atoms with E-state index in [-0.39, 0.29) is 9.21 Å². The highest BCUT2D eigenvalue weighted by molar-refractivity contribution is 9.10. The van der Waals surface area contributed by atoms with E-state index in [0.29, 0.717) is 4.47 Å². The van der Waals surface area contributed by atoms with Crippen molar-refractivity contribution in [2.75, 3.05) is 0 Å². The highest BCUT2D eigenvalue weighted by Gasteiger charge is 2.48. The van der Waals surface area contributed by atoms with Gasteiger partial charge in [0.2, 0.25) is 0 Å². The number of halogens is 6. The maximum Gasteiger partial charge on any atom is 0.327 e. The average Bonchev–Trinajstić information content (AvgIpc) is 2.45. The molecule has 8 heteroatoms. The van der Waals surface area contributed by atoms with Crippen molar-refractivity contribution in [1.82, 2.24) is 0 Å². The Hall–Kier alpha value is 0.150. The quantitative estimate of drug-likeness (QED) is 0.833. The fourth-order valence-electron chi connectivity index (χ4n) is 0.842. The predicted octanol–water partition coefficient (Wildman–Crippen LogP) is 4.06. The summed E-state index contributed by atoms with van der Waals surface area (Å²) in [5.41, 5.74) is 5.06. The third-order valence-corrected chi connectivity index (χ3v) is 4.23. The molecular weight excluding hydrogens is 322 g/mol. The molecule has 0 fully saturated rings.